The summed E-state index contributed by atoms with van der Waals surface area (Å²) in [6.45, 7) is 6.07. The SMILES string of the molecule is CCN(CC)c1ccc(NC(=O)c2ccc(=O)oc2)cc1. The summed E-state index contributed by atoms with van der Waals surface area (Å²) in [6.07, 6.45) is 1.15. The highest BCUT2D eigenvalue weighted by atomic mass is 16.4. The minimum Gasteiger partial charge on any atom is -0.430 e. The Labute approximate surface area is 123 Å². The molecule has 0 aliphatic heterocycles. The zero-order chi connectivity index (χ0) is 15.2. The molecule has 1 amide bonds. The molecule has 2 rings (SSSR count). The predicted molar refractivity (Wildman–Crippen MR) is 82.9 cm³/mol. The Bertz CT molecular complexity index is 637. The van der Waals surface area contributed by atoms with Crippen molar-refractivity contribution in [2.24, 2.45) is 0 Å². The van der Waals surface area contributed by atoms with E-state index in [2.05, 4.69) is 28.5 Å². The van der Waals surface area contributed by atoms with Crippen molar-refractivity contribution in [1.29, 1.82) is 0 Å². The first kappa shape index (κ1) is 14.8. The fourth-order valence-corrected chi connectivity index (χ4v) is 2.03. The number of nitrogens with zero attached hydrogens (tertiary/aromatic N) is 1. The molecule has 2 aromatic rings. The Balaban J connectivity index is 2.08. The molecule has 1 aromatic carbocycles. The van der Waals surface area contributed by atoms with Gasteiger partial charge in [0.05, 0.1) is 5.56 Å². The van der Waals surface area contributed by atoms with E-state index in [9.17, 15) is 9.59 Å². The molecule has 0 unspecified atom stereocenters. The molecule has 5 nitrogen and oxygen atoms in total. The van der Waals surface area contributed by atoms with E-state index < -0.39 is 5.63 Å². The highest BCUT2D eigenvalue weighted by Crippen LogP contribution is 2.18. The third-order valence-electron chi connectivity index (χ3n) is 3.22. The summed E-state index contributed by atoms with van der Waals surface area (Å²) in [5, 5.41) is 2.76. The van der Waals surface area contributed by atoms with Crippen molar-refractivity contribution in [3.8, 4) is 0 Å². The molecule has 0 aliphatic rings. The highest BCUT2D eigenvalue weighted by Gasteiger charge is 2.07. The van der Waals surface area contributed by atoms with Crippen LogP contribution in [0, 0.1) is 0 Å². The molecule has 0 spiro atoms. The van der Waals surface area contributed by atoms with Crippen LogP contribution in [0.25, 0.3) is 0 Å². The van der Waals surface area contributed by atoms with Crippen molar-refractivity contribution in [2.75, 3.05) is 23.3 Å². The van der Waals surface area contributed by atoms with Gasteiger partial charge in [-0.1, -0.05) is 0 Å². The monoisotopic (exact) mass is 286 g/mol. The average Bonchev–Trinajstić information content (AvgIpc) is 2.51. The molecule has 0 radical (unpaired) electrons. The number of rotatable bonds is 5. The number of anilines is 2. The van der Waals surface area contributed by atoms with Crippen LogP contribution in [0.3, 0.4) is 0 Å². The average molecular weight is 286 g/mol. The standard InChI is InChI=1S/C16H18N2O3/c1-3-18(4-2)14-8-6-13(7-9-14)17-16(20)12-5-10-15(19)21-11-12/h5-11H,3-4H2,1-2H3,(H,17,20). The number of amides is 1. The normalized spacial score (nSPS) is 10.2. The van der Waals surface area contributed by atoms with Gasteiger partial charge in [0, 0.05) is 30.5 Å². The zero-order valence-corrected chi connectivity index (χ0v) is 12.1. The maximum Gasteiger partial charge on any atom is 0.335 e. The summed E-state index contributed by atoms with van der Waals surface area (Å²) in [5.74, 6) is -0.311. The molecule has 0 fully saturated rings. The van der Waals surface area contributed by atoms with Crippen LogP contribution in [-0.4, -0.2) is 19.0 Å². The first-order valence-corrected chi connectivity index (χ1v) is 6.89. The lowest BCUT2D eigenvalue weighted by atomic mass is 10.2. The first-order chi connectivity index (χ1) is 10.1. The largest absolute Gasteiger partial charge is 0.430 e. The smallest absolute Gasteiger partial charge is 0.335 e. The summed E-state index contributed by atoms with van der Waals surface area (Å²) in [7, 11) is 0. The van der Waals surface area contributed by atoms with Crippen LogP contribution in [0.5, 0.6) is 0 Å². The second-order valence-corrected chi connectivity index (χ2v) is 4.52. The summed E-state index contributed by atoms with van der Waals surface area (Å²) in [5.41, 5.74) is 1.64. The fraction of sp³-hybridized carbons (Fsp3) is 0.250. The van der Waals surface area contributed by atoms with Gasteiger partial charge >= 0.3 is 5.63 Å². The summed E-state index contributed by atoms with van der Waals surface area (Å²) in [6, 6.07) is 10.3. The molecule has 5 heteroatoms. The minimum absolute atomic E-state index is 0.308. The quantitative estimate of drug-likeness (QED) is 0.918. The van der Waals surface area contributed by atoms with E-state index >= 15 is 0 Å². The van der Waals surface area contributed by atoms with Gasteiger partial charge in [-0.15, -0.1) is 0 Å². The third-order valence-corrected chi connectivity index (χ3v) is 3.22. The Morgan fingerprint density at radius 2 is 1.76 bits per heavy atom. The highest BCUT2D eigenvalue weighted by molar-refractivity contribution is 6.03. The van der Waals surface area contributed by atoms with Crippen LogP contribution in [0.15, 0.2) is 51.9 Å². The van der Waals surface area contributed by atoms with E-state index in [-0.39, 0.29) is 5.91 Å². The molecule has 0 atom stereocenters. The van der Waals surface area contributed by atoms with Gasteiger partial charge in [-0.05, 0) is 44.2 Å². The maximum atomic E-state index is 12.0. The molecule has 21 heavy (non-hydrogen) atoms. The summed E-state index contributed by atoms with van der Waals surface area (Å²) >= 11 is 0. The van der Waals surface area contributed by atoms with Crippen LogP contribution < -0.4 is 15.8 Å². The summed E-state index contributed by atoms with van der Waals surface area (Å²) in [4.78, 5) is 25.1. The topological polar surface area (TPSA) is 62.6 Å². The summed E-state index contributed by atoms with van der Waals surface area (Å²) < 4.78 is 4.67. The first-order valence-electron chi connectivity index (χ1n) is 6.89. The molecule has 0 saturated heterocycles. The van der Waals surface area contributed by atoms with Crippen LogP contribution in [0.2, 0.25) is 0 Å². The van der Waals surface area contributed by atoms with Gasteiger partial charge in [0.15, 0.2) is 0 Å². The Hall–Kier alpha value is -2.56. The van der Waals surface area contributed by atoms with Gasteiger partial charge in [0.2, 0.25) is 0 Å². The molecular formula is C16H18N2O3. The zero-order valence-electron chi connectivity index (χ0n) is 12.1. The van der Waals surface area contributed by atoms with E-state index in [1.54, 1.807) is 0 Å². The fourth-order valence-electron chi connectivity index (χ4n) is 2.03. The second kappa shape index (κ2) is 6.74. The van der Waals surface area contributed by atoms with Crippen LogP contribution in [0.4, 0.5) is 11.4 Å². The van der Waals surface area contributed by atoms with Crippen molar-refractivity contribution in [2.45, 2.75) is 13.8 Å². The lowest BCUT2D eigenvalue weighted by Crippen LogP contribution is -2.21. The molecule has 110 valence electrons. The van der Waals surface area contributed by atoms with E-state index in [0.29, 0.717) is 11.3 Å². The minimum atomic E-state index is -0.477. The van der Waals surface area contributed by atoms with Gasteiger partial charge in [0.25, 0.3) is 5.91 Å². The number of carbonyl (C=O) groups excluding carboxylic acids is 1. The van der Waals surface area contributed by atoms with Gasteiger partial charge in [0.1, 0.15) is 6.26 Å². The molecule has 1 heterocycles. The number of hydrogen-bond donors (Lipinski definition) is 1. The lowest BCUT2D eigenvalue weighted by Gasteiger charge is -2.21. The van der Waals surface area contributed by atoms with Crippen molar-refractivity contribution < 1.29 is 9.21 Å². The van der Waals surface area contributed by atoms with Crippen molar-refractivity contribution in [3.63, 3.8) is 0 Å². The molecule has 0 bridgehead atoms. The van der Waals surface area contributed by atoms with E-state index in [1.165, 1.54) is 12.1 Å². The second-order valence-electron chi connectivity index (χ2n) is 4.52. The van der Waals surface area contributed by atoms with Crippen LogP contribution in [-0.2, 0) is 0 Å². The van der Waals surface area contributed by atoms with Gasteiger partial charge in [-0.2, -0.15) is 0 Å². The van der Waals surface area contributed by atoms with E-state index in [1.807, 2.05) is 24.3 Å². The number of nitrogens with one attached hydrogen (secondary N) is 1. The van der Waals surface area contributed by atoms with E-state index in [0.717, 1.165) is 25.0 Å². The van der Waals surface area contributed by atoms with Crippen molar-refractivity contribution in [1.82, 2.24) is 0 Å². The Morgan fingerprint density at radius 1 is 1.10 bits per heavy atom. The van der Waals surface area contributed by atoms with Crippen molar-refractivity contribution in [3.05, 3.63) is 58.6 Å². The Kier molecular flexibility index (Phi) is 4.77. The molecular weight excluding hydrogens is 268 g/mol. The molecule has 0 aliphatic carbocycles. The third kappa shape index (κ3) is 3.72. The number of carbonyl (C=O) groups is 1. The Morgan fingerprint density at radius 3 is 2.29 bits per heavy atom. The van der Waals surface area contributed by atoms with E-state index in [4.69, 9.17) is 0 Å². The molecule has 0 saturated carbocycles. The predicted octanol–water partition coefficient (Wildman–Crippen LogP) is 2.74. The van der Waals surface area contributed by atoms with Gasteiger partial charge in [-0.3, -0.25) is 4.79 Å². The molecule has 1 aromatic heterocycles. The van der Waals surface area contributed by atoms with Crippen molar-refractivity contribution >= 4 is 17.3 Å². The maximum absolute atomic E-state index is 12.0. The van der Waals surface area contributed by atoms with Crippen LogP contribution >= 0.6 is 0 Å². The van der Waals surface area contributed by atoms with Crippen LogP contribution in [0.1, 0.15) is 24.2 Å². The van der Waals surface area contributed by atoms with Gasteiger partial charge < -0.3 is 14.6 Å². The number of benzene rings is 1. The lowest BCUT2D eigenvalue weighted by molar-refractivity contribution is 0.102. The van der Waals surface area contributed by atoms with Gasteiger partial charge in [-0.25, -0.2) is 4.79 Å². The number of hydrogen-bond acceptors (Lipinski definition) is 4. The molecule has 1 N–H and O–H groups in total.